The summed E-state index contributed by atoms with van der Waals surface area (Å²) in [6, 6.07) is 5.65. The Hall–Kier alpha value is -1.39. The standard InChI is InChI=1S/C11H6ClFO2S/c12-8-3-4-16-10(8)6-1-2-9(13)7(5-6)11(14)15/h1-5H,(H,14,15). The van der Waals surface area contributed by atoms with Crippen LogP contribution in [-0.4, -0.2) is 11.1 Å². The zero-order valence-electron chi connectivity index (χ0n) is 7.91. The van der Waals surface area contributed by atoms with Gasteiger partial charge in [-0.3, -0.25) is 0 Å². The van der Waals surface area contributed by atoms with Gasteiger partial charge in [0.1, 0.15) is 5.82 Å². The van der Waals surface area contributed by atoms with Crippen molar-refractivity contribution < 1.29 is 14.3 Å². The number of hydrogen-bond donors (Lipinski definition) is 1. The predicted octanol–water partition coefficient (Wildman–Crippen LogP) is 3.91. The van der Waals surface area contributed by atoms with Crippen molar-refractivity contribution in [3.05, 3.63) is 46.0 Å². The average molecular weight is 257 g/mol. The molecule has 82 valence electrons. The number of thiophene rings is 1. The van der Waals surface area contributed by atoms with Crippen LogP contribution < -0.4 is 0 Å². The Morgan fingerprint density at radius 3 is 2.69 bits per heavy atom. The summed E-state index contributed by atoms with van der Waals surface area (Å²) >= 11 is 7.30. The molecule has 0 amide bonds. The highest BCUT2D eigenvalue weighted by Crippen LogP contribution is 2.33. The van der Waals surface area contributed by atoms with Gasteiger partial charge in [-0.25, -0.2) is 9.18 Å². The van der Waals surface area contributed by atoms with Crippen molar-refractivity contribution >= 4 is 28.9 Å². The van der Waals surface area contributed by atoms with E-state index in [0.29, 0.717) is 10.6 Å². The molecule has 2 nitrogen and oxygen atoms in total. The number of rotatable bonds is 2. The van der Waals surface area contributed by atoms with E-state index in [0.717, 1.165) is 10.9 Å². The second-order valence-corrected chi connectivity index (χ2v) is 4.42. The monoisotopic (exact) mass is 256 g/mol. The first-order valence-corrected chi connectivity index (χ1v) is 5.61. The Labute approximate surface area is 99.9 Å². The molecule has 0 bridgehead atoms. The lowest BCUT2D eigenvalue weighted by atomic mass is 10.1. The molecule has 0 atom stereocenters. The van der Waals surface area contributed by atoms with E-state index >= 15 is 0 Å². The smallest absolute Gasteiger partial charge is 0.338 e. The van der Waals surface area contributed by atoms with Gasteiger partial charge < -0.3 is 5.11 Å². The van der Waals surface area contributed by atoms with Crippen molar-refractivity contribution in [1.29, 1.82) is 0 Å². The number of carboxylic acids is 1. The molecule has 0 aliphatic carbocycles. The van der Waals surface area contributed by atoms with Crippen LogP contribution in [0.1, 0.15) is 10.4 Å². The molecule has 0 aliphatic rings. The maximum Gasteiger partial charge on any atom is 0.338 e. The zero-order chi connectivity index (χ0) is 11.7. The van der Waals surface area contributed by atoms with Gasteiger partial charge in [-0.2, -0.15) is 0 Å². The molecule has 0 unspecified atom stereocenters. The van der Waals surface area contributed by atoms with Crippen molar-refractivity contribution in [2.24, 2.45) is 0 Å². The lowest BCUT2D eigenvalue weighted by Gasteiger charge is -2.02. The van der Waals surface area contributed by atoms with Crippen LogP contribution in [0.25, 0.3) is 10.4 Å². The van der Waals surface area contributed by atoms with Crippen molar-refractivity contribution in [2.45, 2.75) is 0 Å². The lowest BCUT2D eigenvalue weighted by Crippen LogP contribution is -2.00. The minimum atomic E-state index is -1.29. The molecule has 16 heavy (non-hydrogen) atoms. The fraction of sp³-hybridized carbons (Fsp3) is 0. The van der Waals surface area contributed by atoms with E-state index < -0.39 is 11.8 Å². The van der Waals surface area contributed by atoms with Gasteiger partial charge in [0.2, 0.25) is 0 Å². The summed E-state index contributed by atoms with van der Waals surface area (Å²) in [7, 11) is 0. The quantitative estimate of drug-likeness (QED) is 0.885. The molecule has 0 saturated carbocycles. The highest BCUT2D eigenvalue weighted by atomic mass is 35.5. The first-order chi connectivity index (χ1) is 7.59. The normalized spacial score (nSPS) is 10.4. The molecular formula is C11H6ClFO2S. The summed E-state index contributed by atoms with van der Waals surface area (Å²) in [5.41, 5.74) is 0.265. The van der Waals surface area contributed by atoms with Crippen molar-refractivity contribution in [3.63, 3.8) is 0 Å². The summed E-state index contributed by atoms with van der Waals surface area (Å²) < 4.78 is 13.2. The minimum absolute atomic E-state index is 0.345. The average Bonchev–Trinajstić information content (AvgIpc) is 2.65. The molecular weight excluding hydrogens is 251 g/mol. The van der Waals surface area contributed by atoms with Crippen molar-refractivity contribution in [2.75, 3.05) is 0 Å². The van der Waals surface area contributed by atoms with E-state index in [2.05, 4.69) is 0 Å². The number of carboxylic acid groups (broad SMARTS) is 1. The molecule has 0 saturated heterocycles. The Bertz CT molecular complexity index is 551. The highest BCUT2D eigenvalue weighted by molar-refractivity contribution is 7.14. The Morgan fingerprint density at radius 1 is 1.38 bits per heavy atom. The van der Waals surface area contributed by atoms with Crippen LogP contribution in [0, 0.1) is 5.82 Å². The second kappa shape index (κ2) is 4.23. The summed E-state index contributed by atoms with van der Waals surface area (Å²) in [5, 5.41) is 11.1. The van der Waals surface area contributed by atoms with E-state index in [1.54, 1.807) is 11.4 Å². The van der Waals surface area contributed by atoms with Gasteiger partial charge in [-0.05, 0) is 29.1 Å². The third-order valence-electron chi connectivity index (χ3n) is 2.08. The van der Waals surface area contributed by atoms with E-state index in [4.69, 9.17) is 16.7 Å². The van der Waals surface area contributed by atoms with Crippen molar-refractivity contribution in [3.8, 4) is 10.4 Å². The Kier molecular flexibility index (Phi) is 2.94. The summed E-state index contributed by atoms with van der Waals surface area (Å²) in [6.07, 6.45) is 0. The van der Waals surface area contributed by atoms with E-state index in [1.165, 1.54) is 23.5 Å². The number of carbonyl (C=O) groups is 1. The Balaban J connectivity index is 2.56. The van der Waals surface area contributed by atoms with Crippen LogP contribution in [-0.2, 0) is 0 Å². The molecule has 2 rings (SSSR count). The van der Waals surface area contributed by atoms with E-state index in [-0.39, 0.29) is 5.56 Å². The predicted molar refractivity (Wildman–Crippen MR) is 61.7 cm³/mol. The van der Waals surface area contributed by atoms with Crippen LogP contribution in [0.15, 0.2) is 29.6 Å². The lowest BCUT2D eigenvalue weighted by molar-refractivity contribution is 0.0692. The molecule has 0 fully saturated rings. The van der Waals surface area contributed by atoms with Gasteiger partial charge in [0.25, 0.3) is 0 Å². The zero-order valence-corrected chi connectivity index (χ0v) is 9.48. The van der Waals surface area contributed by atoms with Crippen molar-refractivity contribution in [1.82, 2.24) is 0 Å². The SMILES string of the molecule is O=C(O)c1cc(-c2sccc2Cl)ccc1F. The first kappa shape index (κ1) is 11.1. The van der Waals surface area contributed by atoms with Gasteiger partial charge in [0.05, 0.1) is 15.5 Å². The summed E-state index contributed by atoms with van der Waals surface area (Å²) in [4.78, 5) is 11.5. The van der Waals surface area contributed by atoms with Crippen LogP contribution in [0.3, 0.4) is 0 Å². The fourth-order valence-corrected chi connectivity index (χ4v) is 2.49. The molecule has 1 heterocycles. The second-order valence-electron chi connectivity index (χ2n) is 3.10. The maximum absolute atomic E-state index is 13.2. The van der Waals surface area contributed by atoms with E-state index in [9.17, 15) is 9.18 Å². The van der Waals surface area contributed by atoms with Gasteiger partial charge in [0.15, 0.2) is 0 Å². The minimum Gasteiger partial charge on any atom is -0.478 e. The molecule has 1 aromatic heterocycles. The number of aromatic carboxylic acids is 1. The summed E-state index contributed by atoms with van der Waals surface area (Å²) in [5.74, 6) is -2.03. The van der Waals surface area contributed by atoms with Crippen LogP contribution in [0.2, 0.25) is 5.02 Å². The third kappa shape index (κ3) is 1.94. The van der Waals surface area contributed by atoms with Gasteiger partial charge in [0, 0.05) is 0 Å². The number of halogens is 2. The topological polar surface area (TPSA) is 37.3 Å². The molecule has 0 spiro atoms. The highest BCUT2D eigenvalue weighted by Gasteiger charge is 2.13. The molecule has 5 heteroatoms. The van der Waals surface area contributed by atoms with Gasteiger partial charge >= 0.3 is 5.97 Å². The fourth-order valence-electron chi connectivity index (χ4n) is 1.33. The number of benzene rings is 1. The molecule has 2 aromatic rings. The van der Waals surface area contributed by atoms with E-state index in [1.807, 2.05) is 0 Å². The van der Waals surface area contributed by atoms with Crippen LogP contribution in [0.4, 0.5) is 4.39 Å². The largest absolute Gasteiger partial charge is 0.478 e. The Morgan fingerprint density at radius 2 is 2.12 bits per heavy atom. The summed E-state index contributed by atoms with van der Waals surface area (Å²) in [6.45, 7) is 0. The maximum atomic E-state index is 13.2. The van der Waals surface area contributed by atoms with Gasteiger partial charge in [-0.15, -0.1) is 11.3 Å². The third-order valence-corrected chi connectivity index (χ3v) is 3.47. The van der Waals surface area contributed by atoms with Crippen LogP contribution in [0.5, 0.6) is 0 Å². The number of hydrogen-bond acceptors (Lipinski definition) is 2. The molecule has 0 aliphatic heterocycles. The van der Waals surface area contributed by atoms with Crippen LogP contribution >= 0.6 is 22.9 Å². The molecule has 0 radical (unpaired) electrons. The molecule has 1 N–H and O–H groups in total. The molecule has 1 aromatic carbocycles. The first-order valence-electron chi connectivity index (χ1n) is 4.36. The van der Waals surface area contributed by atoms with Gasteiger partial charge in [-0.1, -0.05) is 17.7 Å².